The number of thioether (sulfide) groups is 2. The van der Waals surface area contributed by atoms with Crippen LogP contribution in [0.15, 0.2) is 6.20 Å². The lowest BCUT2D eigenvalue weighted by Gasteiger charge is -2.21. The number of aromatic nitrogens is 2. The number of hydrogen-bond donors (Lipinski definition) is 1. The van der Waals surface area contributed by atoms with Gasteiger partial charge in [0.15, 0.2) is 0 Å². The predicted octanol–water partition coefficient (Wildman–Crippen LogP) is 2.35. The Morgan fingerprint density at radius 3 is 3.06 bits per heavy atom. The summed E-state index contributed by atoms with van der Waals surface area (Å²) in [7, 11) is 0. The van der Waals surface area contributed by atoms with E-state index in [4.69, 9.17) is 0 Å². The molecule has 0 amide bonds. The SMILES string of the molecule is Cc1cnc(C)c(NCC2CSCCS2)n1. The average molecular weight is 255 g/mol. The fourth-order valence-electron chi connectivity index (χ4n) is 1.57. The highest BCUT2D eigenvalue weighted by molar-refractivity contribution is 8.06. The van der Waals surface area contributed by atoms with Crippen LogP contribution in [-0.4, -0.2) is 39.0 Å². The van der Waals surface area contributed by atoms with Crippen LogP contribution in [0.5, 0.6) is 0 Å². The van der Waals surface area contributed by atoms with Crippen molar-refractivity contribution in [1.29, 1.82) is 0 Å². The molecule has 0 bridgehead atoms. The molecule has 2 heterocycles. The maximum Gasteiger partial charge on any atom is 0.147 e. The van der Waals surface area contributed by atoms with Crippen LogP contribution in [0.2, 0.25) is 0 Å². The standard InChI is InChI=1S/C11H17N3S2/c1-8-5-12-9(2)11(14-8)13-6-10-7-15-3-4-16-10/h5,10H,3-4,6-7H2,1-2H3,(H,13,14). The molecule has 1 aliphatic rings. The van der Waals surface area contributed by atoms with Crippen LogP contribution in [0.25, 0.3) is 0 Å². The van der Waals surface area contributed by atoms with Gasteiger partial charge in [0.2, 0.25) is 0 Å². The van der Waals surface area contributed by atoms with Crippen molar-refractivity contribution in [3.05, 3.63) is 17.6 Å². The van der Waals surface area contributed by atoms with Gasteiger partial charge in [0.25, 0.3) is 0 Å². The zero-order valence-corrected chi connectivity index (χ0v) is 11.3. The summed E-state index contributed by atoms with van der Waals surface area (Å²) in [5, 5.41) is 4.12. The summed E-state index contributed by atoms with van der Waals surface area (Å²) in [4.78, 5) is 8.77. The van der Waals surface area contributed by atoms with E-state index in [0.717, 1.165) is 23.8 Å². The zero-order chi connectivity index (χ0) is 11.4. The van der Waals surface area contributed by atoms with E-state index in [1.165, 1.54) is 17.3 Å². The molecule has 1 aromatic heterocycles. The number of nitrogens with zero attached hydrogens (tertiary/aromatic N) is 2. The maximum atomic E-state index is 4.47. The number of hydrogen-bond acceptors (Lipinski definition) is 5. The number of aryl methyl sites for hydroxylation is 2. The molecule has 1 aromatic rings. The van der Waals surface area contributed by atoms with Crippen molar-refractivity contribution in [2.24, 2.45) is 0 Å². The second kappa shape index (κ2) is 5.77. The van der Waals surface area contributed by atoms with E-state index in [1.54, 1.807) is 0 Å². The smallest absolute Gasteiger partial charge is 0.147 e. The molecule has 2 rings (SSSR count). The molecular weight excluding hydrogens is 238 g/mol. The lowest BCUT2D eigenvalue weighted by Crippen LogP contribution is -2.24. The van der Waals surface area contributed by atoms with Gasteiger partial charge in [-0.1, -0.05) is 0 Å². The normalized spacial score (nSPS) is 20.8. The summed E-state index contributed by atoms with van der Waals surface area (Å²) < 4.78 is 0. The summed E-state index contributed by atoms with van der Waals surface area (Å²) in [6.07, 6.45) is 1.81. The molecule has 0 radical (unpaired) electrons. The van der Waals surface area contributed by atoms with E-state index in [-0.39, 0.29) is 0 Å². The monoisotopic (exact) mass is 255 g/mol. The molecule has 1 aliphatic heterocycles. The van der Waals surface area contributed by atoms with Crippen molar-refractivity contribution in [2.75, 3.05) is 29.1 Å². The van der Waals surface area contributed by atoms with Gasteiger partial charge >= 0.3 is 0 Å². The van der Waals surface area contributed by atoms with Crippen LogP contribution < -0.4 is 5.32 Å². The average Bonchev–Trinajstić information content (AvgIpc) is 2.32. The summed E-state index contributed by atoms with van der Waals surface area (Å²) in [6, 6.07) is 0. The lowest BCUT2D eigenvalue weighted by molar-refractivity contribution is 0.967. The molecule has 1 unspecified atom stereocenters. The number of nitrogens with one attached hydrogen (secondary N) is 1. The fourth-order valence-corrected chi connectivity index (χ4v) is 4.18. The van der Waals surface area contributed by atoms with Crippen LogP contribution >= 0.6 is 23.5 Å². The van der Waals surface area contributed by atoms with Crippen LogP contribution in [0.1, 0.15) is 11.4 Å². The Kier molecular flexibility index (Phi) is 4.35. The molecule has 16 heavy (non-hydrogen) atoms. The second-order valence-corrected chi connectivity index (χ2v) is 6.45. The van der Waals surface area contributed by atoms with Gasteiger partial charge in [-0.15, -0.1) is 0 Å². The minimum atomic E-state index is 0.709. The van der Waals surface area contributed by atoms with Gasteiger partial charge in [0, 0.05) is 35.3 Å². The molecule has 0 aromatic carbocycles. The van der Waals surface area contributed by atoms with Gasteiger partial charge in [0.1, 0.15) is 5.82 Å². The Hall–Kier alpha value is -0.420. The Bertz CT molecular complexity index is 351. The van der Waals surface area contributed by atoms with Crippen molar-refractivity contribution >= 4 is 29.3 Å². The highest BCUT2D eigenvalue weighted by Gasteiger charge is 2.14. The largest absolute Gasteiger partial charge is 0.367 e. The Morgan fingerprint density at radius 1 is 1.44 bits per heavy atom. The number of rotatable bonds is 3. The molecule has 1 N–H and O–H groups in total. The first-order valence-electron chi connectivity index (χ1n) is 5.49. The van der Waals surface area contributed by atoms with Crippen molar-refractivity contribution in [3.8, 4) is 0 Å². The maximum absolute atomic E-state index is 4.47. The van der Waals surface area contributed by atoms with E-state index in [2.05, 4.69) is 27.0 Å². The third-order valence-electron chi connectivity index (χ3n) is 2.46. The fraction of sp³-hybridized carbons (Fsp3) is 0.636. The van der Waals surface area contributed by atoms with E-state index >= 15 is 0 Å². The molecule has 1 atom stereocenters. The summed E-state index contributed by atoms with van der Waals surface area (Å²) >= 11 is 4.11. The highest BCUT2D eigenvalue weighted by atomic mass is 32.2. The zero-order valence-electron chi connectivity index (χ0n) is 9.69. The Morgan fingerprint density at radius 2 is 2.31 bits per heavy atom. The summed E-state index contributed by atoms with van der Waals surface area (Å²) in [5.74, 6) is 4.76. The van der Waals surface area contributed by atoms with Gasteiger partial charge in [-0.3, -0.25) is 4.98 Å². The first-order valence-corrected chi connectivity index (χ1v) is 7.69. The molecule has 0 saturated carbocycles. The van der Waals surface area contributed by atoms with E-state index < -0.39 is 0 Å². The number of anilines is 1. The van der Waals surface area contributed by atoms with Crippen LogP contribution in [-0.2, 0) is 0 Å². The van der Waals surface area contributed by atoms with Gasteiger partial charge in [-0.2, -0.15) is 23.5 Å². The van der Waals surface area contributed by atoms with Crippen molar-refractivity contribution in [3.63, 3.8) is 0 Å². The van der Waals surface area contributed by atoms with Crippen molar-refractivity contribution in [2.45, 2.75) is 19.1 Å². The quantitative estimate of drug-likeness (QED) is 0.897. The predicted molar refractivity (Wildman–Crippen MR) is 73.6 cm³/mol. The van der Waals surface area contributed by atoms with Crippen molar-refractivity contribution in [1.82, 2.24) is 9.97 Å². The molecule has 88 valence electrons. The van der Waals surface area contributed by atoms with E-state index in [1.807, 2.05) is 31.8 Å². The molecule has 1 saturated heterocycles. The topological polar surface area (TPSA) is 37.8 Å². The first kappa shape index (κ1) is 12.0. The molecule has 3 nitrogen and oxygen atoms in total. The minimum Gasteiger partial charge on any atom is -0.367 e. The minimum absolute atomic E-state index is 0.709. The van der Waals surface area contributed by atoms with Crippen LogP contribution in [0, 0.1) is 13.8 Å². The van der Waals surface area contributed by atoms with Gasteiger partial charge in [-0.25, -0.2) is 4.98 Å². The van der Waals surface area contributed by atoms with Gasteiger partial charge in [-0.05, 0) is 13.8 Å². The molecule has 0 spiro atoms. The molecular formula is C11H17N3S2. The van der Waals surface area contributed by atoms with E-state index in [0.29, 0.717) is 5.25 Å². The Labute approximate surface area is 105 Å². The third kappa shape index (κ3) is 3.28. The highest BCUT2D eigenvalue weighted by Crippen LogP contribution is 2.24. The van der Waals surface area contributed by atoms with Crippen LogP contribution in [0.3, 0.4) is 0 Å². The van der Waals surface area contributed by atoms with Gasteiger partial charge < -0.3 is 5.32 Å². The first-order chi connectivity index (χ1) is 7.75. The molecule has 5 heteroatoms. The summed E-state index contributed by atoms with van der Waals surface area (Å²) in [6.45, 7) is 4.97. The lowest BCUT2D eigenvalue weighted by atomic mass is 10.4. The van der Waals surface area contributed by atoms with Gasteiger partial charge in [0.05, 0.1) is 11.4 Å². The van der Waals surface area contributed by atoms with E-state index in [9.17, 15) is 0 Å². The third-order valence-corrected chi connectivity index (χ3v) is 5.30. The van der Waals surface area contributed by atoms with Crippen LogP contribution in [0.4, 0.5) is 5.82 Å². The molecule has 0 aliphatic carbocycles. The molecule has 1 fully saturated rings. The Balaban J connectivity index is 1.90. The summed E-state index contributed by atoms with van der Waals surface area (Å²) in [5.41, 5.74) is 1.96. The van der Waals surface area contributed by atoms with Crippen molar-refractivity contribution < 1.29 is 0 Å². The second-order valence-electron chi connectivity index (χ2n) is 3.89.